The van der Waals surface area contributed by atoms with Crippen molar-refractivity contribution in [3.05, 3.63) is 102 Å². The Hall–Kier alpha value is -4.17. The van der Waals surface area contributed by atoms with E-state index in [1.54, 1.807) is 6.07 Å². The summed E-state index contributed by atoms with van der Waals surface area (Å²) in [6.45, 7) is 4.60. The molecule has 0 spiro atoms. The van der Waals surface area contributed by atoms with Gasteiger partial charge in [-0.05, 0) is 48.9 Å². The number of carbonyl (C=O) groups is 3. The molecule has 13 heteroatoms. The molecule has 0 aliphatic carbocycles. The van der Waals surface area contributed by atoms with Gasteiger partial charge in [-0.1, -0.05) is 87.4 Å². The number of pyridine rings is 1. The highest BCUT2D eigenvalue weighted by Gasteiger charge is 2.37. The number of rotatable bonds is 23. The molecule has 3 rings (SSSR count). The van der Waals surface area contributed by atoms with Gasteiger partial charge in [-0.3, -0.25) is 19.4 Å². The van der Waals surface area contributed by atoms with Crippen molar-refractivity contribution in [2.45, 2.75) is 81.9 Å². The standard InChI is InChI=1S/C38H53N5O7S/c1-4-13-31(14-5-2)51(48,49)27-33(43-36(45)30-19-12-21-39-26-30)37(46)42-32(25-29-17-10-7-11-18-29)35(44)34(40-23-24-50-3)38(47)41-22-20-28-15-8-6-9-16-28/h6-12,15-19,21,26,31-35,40,44H,4-5,13-14,20,22-25,27H2,1-3H3,(H,41,47)(H,42,46)(H,43,45). The van der Waals surface area contributed by atoms with Crippen LogP contribution in [0.3, 0.4) is 0 Å². The van der Waals surface area contributed by atoms with E-state index in [1.165, 1.54) is 25.6 Å². The van der Waals surface area contributed by atoms with Crippen LogP contribution < -0.4 is 21.3 Å². The number of hydrogen-bond donors (Lipinski definition) is 5. The fraction of sp³-hybridized carbons (Fsp3) is 0.474. The van der Waals surface area contributed by atoms with Crippen LogP contribution >= 0.6 is 0 Å². The van der Waals surface area contributed by atoms with Crippen molar-refractivity contribution < 1.29 is 32.6 Å². The van der Waals surface area contributed by atoms with Gasteiger partial charge in [0.25, 0.3) is 5.91 Å². The number of nitrogens with zero attached hydrogens (tertiary/aromatic N) is 1. The molecule has 278 valence electrons. The molecule has 0 saturated carbocycles. The lowest BCUT2D eigenvalue weighted by molar-refractivity contribution is -0.129. The lowest BCUT2D eigenvalue weighted by Crippen LogP contribution is -2.62. The Bertz CT molecular complexity index is 1570. The number of carbonyl (C=O) groups excluding carboxylic acids is 3. The van der Waals surface area contributed by atoms with Crippen LogP contribution in [0.5, 0.6) is 0 Å². The molecule has 0 radical (unpaired) electrons. The van der Waals surface area contributed by atoms with Gasteiger partial charge in [-0.2, -0.15) is 0 Å². The summed E-state index contributed by atoms with van der Waals surface area (Å²) >= 11 is 0. The lowest BCUT2D eigenvalue weighted by Gasteiger charge is -2.32. The molecular formula is C38H53N5O7S. The fourth-order valence-electron chi connectivity index (χ4n) is 5.85. The molecule has 1 heterocycles. The Morgan fingerprint density at radius 3 is 2.08 bits per heavy atom. The number of aliphatic hydroxyl groups excluding tert-OH is 1. The summed E-state index contributed by atoms with van der Waals surface area (Å²) in [6, 6.07) is 18.1. The quantitative estimate of drug-likeness (QED) is 0.0922. The molecular weight excluding hydrogens is 671 g/mol. The second-order valence-electron chi connectivity index (χ2n) is 12.5. The first kappa shape index (κ1) is 41.3. The number of aromatic nitrogens is 1. The topological polar surface area (TPSA) is 176 Å². The van der Waals surface area contributed by atoms with E-state index in [0.717, 1.165) is 11.1 Å². The predicted octanol–water partition coefficient (Wildman–Crippen LogP) is 2.62. The molecule has 0 saturated heterocycles. The molecule has 4 unspecified atom stereocenters. The number of hydrogen-bond acceptors (Lipinski definition) is 9. The van der Waals surface area contributed by atoms with Gasteiger partial charge >= 0.3 is 0 Å². The first-order valence-electron chi connectivity index (χ1n) is 17.6. The van der Waals surface area contributed by atoms with Crippen LogP contribution in [-0.4, -0.2) is 98.3 Å². The highest BCUT2D eigenvalue weighted by molar-refractivity contribution is 7.92. The lowest BCUT2D eigenvalue weighted by atomic mass is 9.95. The van der Waals surface area contributed by atoms with Crippen molar-refractivity contribution in [2.24, 2.45) is 0 Å². The van der Waals surface area contributed by atoms with Crippen molar-refractivity contribution in [1.29, 1.82) is 0 Å². The number of ether oxygens (including phenoxy) is 1. The Morgan fingerprint density at radius 1 is 0.843 bits per heavy atom. The van der Waals surface area contributed by atoms with Crippen LogP contribution in [0.1, 0.15) is 61.0 Å². The van der Waals surface area contributed by atoms with Crippen LogP contribution in [0.4, 0.5) is 0 Å². The van der Waals surface area contributed by atoms with Gasteiger partial charge in [-0.25, -0.2) is 8.42 Å². The molecule has 0 bridgehead atoms. The van der Waals surface area contributed by atoms with E-state index in [0.29, 0.717) is 38.6 Å². The summed E-state index contributed by atoms with van der Waals surface area (Å²) in [5.41, 5.74) is 1.95. The third-order valence-electron chi connectivity index (χ3n) is 8.56. The van der Waals surface area contributed by atoms with Gasteiger partial charge in [0.2, 0.25) is 11.8 Å². The van der Waals surface area contributed by atoms with E-state index < -0.39 is 62.8 Å². The van der Waals surface area contributed by atoms with Crippen LogP contribution in [-0.2, 0) is 37.0 Å². The molecule has 0 aliphatic heterocycles. The van der Waals surface area contributed by atoms with Crippen molar-refractivity contribution in [3.8, 4) is 0 Å². The molecule has 3 aromatic rings. The van der Waals surface area contributed by atoms with Gasteiger partial charge in [0.05, 0.1) is 35.3 Å². The minimum Gasteiger partial charge on any atom is -0.389 e. The molecule has 12 nitrogen and oxygen atoms in total. The van der Waals surface area contributed by atoms with Crippen LogP contribution in [0.15, 0.2) is 85.2 Å². The molecule has 5 N–H and O–H groups in total. The minimum absolute atomic E-state index is 0.109. The van der Waals surface area contributed by atoms with Crippen molar-refractivity contribution >= 4 is 27.6 Å². The zero-order valence-electron chi connectivity index (χ0n) is 29.8. The van der Waals surface area contributed by atoms with Crippen LogP contribution in [0.2, 0.25) is 0 Å². The van der Waals surface area contributed by atoms with Crippen LogP contribution in [0, 0.1) is 0 Å². The molecule has 2 aromatic carbocycles. The maximum Gasteiger partial charge on any atom is 0.253 e. The Balaban J connectivity index is 1.93. The average Bonchev–Trinajstić information content (AvgIpc) is 3.13. The van der Waals surface area contributed by atoms with Crippen molar-refractivity contribution in [1.82, 2.24) is 26.3 Å². The summed E-state index contributed by atoms with van der Waals surface area (Å²) < 4.78 is 32.6. The number of sulfone groups is 1. The van der Waals surface area contributed by atoms with E-state index in [-0.39, 0.29) is 25.1 Å². The smallest absolute Gasteiger partial charge is 0.253 e. The minimum atomic E-state index is -3.86. The molecule has 1 aromatic heterocycles. The van der Waals surface area contributed by atoms with Gasteiger partial charge < -0.3 is 31.1 Å². The van der Waals surface area contributed by atoms with E-state index >= 15 is 0 Å². The monoisotopic (exact) mass is 723 g/mol. The summed E-state index contributed by atoms with van der Waals surface area (Å²) in [6.07, 6.45) is 4.15. The molecule has 3 amide bonds. The van der Waals surface area contributed by atoms with E-state index in [2.05, 4.69) is 26.3 Å². The van der Waals surface area contributed by atoms with E-state index in [4.69, 9.17) is 4.74 Å². The Labute approximate surface area is 302 Å². The normalized spacial score (nSPS) is 13.9. The van der Waals surface area contributed by atoms with Gasteiger partial charge in [0, 0.05) is 32.6 Å². The SMILES string of the molecule is CCCC(CCC)S(=O)(=O)CC(NC(=O)c1cccnc1)C(=O)NC(Cc1ccccc1)C(O)C(NCCOC)C(=O)NCCc1ccccc1. The highest BCUT2D eigenvalue weighted by Crippen LogP contribution is 2.18. The number of benzene rings is 2. The Kier molecular flexibility index (Phi) is 17.7. The van der Waals surface area contributed by atoms with Crippen molar-refractivity contribution in [2.75, 3.05) is 32.6 Å². The summed E-state index contributed by atoms with van der Waals surface area (Å²) in [7, 11) is -2.34. The molecule has 51 heavy (non-hydrogen) atoms. The summed E-state index contributed by atoms with van der Waals surface area (Å²) in [5.74, 6) is -2.59. The predicted molar refractivity (Wildman–Crippen MR) is 198 cm³/mol. The van der Waals surface area contributed by atoms with Gasteiger partial charge in [0.15, 0.2) is 9.84 Å². The maximum absolute atomic E-state index is 14.2. The second kappa shape index (κ2) is 21.9. The molecule has 4 atom stereocenters. The second-order valence-corrected chi connectivity index (χ2v) is 14.9. The number of nitrogens with one attached hydrogen (secondary N) is 4. The third-order valence-corrected chi connectivity index (χ3v) is 10.8. The fourth-order valence-corrected chi connectivity index (χ4v) is 8.01. The Morgan fingerprint density at radius 2 is 1.49 bits per heavy atom. The largest absolute Gasteiger partial charge is 0.389 e. The summed E-state index contributed by atoms with van der Waals surface area (Å²) in [4.78, 5) is 45.0. The third kappa shape index (κ3) is 13.8. The van der Waals surface area contributed by atoms with Crippen molar-refractivity contribution in [3.63, 3.8) is 0 Å². The highest BCUT2D eigenvalue weighted by atomic mass is 32.2. The number of amides is 3. The van der Waals surface area contributed by atoms with E-state index in [1.807, 2.05) is 74.5 Å². The average molecular weight is 724 g/mol. The zero-order valence-corrected chi connectivity index (χ0v) is 30.6. The van der Waals surface area contributed by atoms with Crippen LogP contribution in [0.25, 0.3) is 0 Å². The maximum atomic E-state index is 14.2. The molecule has 0 aliphatic rings. The zero-order chi connectivity index (χ0) is 37.1. The van der Waals surface area contributed by atoms with Gasteiger partial charge in [0.1, 0.15) is 12.1 Å². The summed E-state index contributed by atoms with van der Waals surface area (Å²) in [5, 5.41) is 22.6. The van der Waals surface area contributed by atoms with E-state index in [9.17, 15) is 27.9 Å². The number of aliphatic hydroxyl groups is 1. The first-order chi connectivity index (χ1) is 24.6. The molecule has 0 fully saturated rings. The van der Waals surface area contributed by atoms with Gasteiger partial charge in [-0.15, -0.1) is 0 Å². The number of methoxy groups -OCH3 is 1. The first-order valence-corrected chi connectivity index (χ1v) is 19.3.